The highest BCUT2D eigenvalue weighted by atomic mass is 16.5. The molecule has 0 aliphatic carbocycles. The summed E-state index contributed by atoms with van der Waals surface area (Å²) < 4.78 is 16.0. The van der Waals surface area contributed by atoms with Gasteiger partial charge in [-0.2, -0.15) is 0 Å². The predicted octanol–water partition coefficient (Wildman–Crippen LogP) is 2.25. The molecule has 1 aromatic heterocycles. The Morgan fingerprint density at radius 3 is 2.56 bits per heavy atom. The Bertz CT molecular complexity index is 513. The Morgan fingerprint density at radius 1 is 1.25 bits per heavy atom. The van der Waals surface area contributed by atoms with Gasteiger partial charge in [0.05, 0.1) is 19.6 Å². The Labute approximate surface area is 93.4 Å². The van der Waals surface area contributed by atoms with E-state index in [0.29, 0.717) is 17.1 Å². The average Bonchev–Trinajstić information content (AvgIpc) is 2.71. The van der Waals surface area contributed by atoms with Gasteiger partial charge in [0.1, 0.15) is 18.1 Å². The first kappa shape index (κ1) is 10.8. The first-order valence-corrected chi connectivity index (χ1v) is 4.96. The number of aliphatic hydroxyl groups excluding tert-OH is 1. The number of fused-ring (bicyclic) bond motifs is 1. The zero-order valence-corrected chi connectivity index (χ0v) is 9.53. The summed E-state index contributed by atoms with van der Waals surface area (Å²) in [4.78, 5) is 0. The lowest BCUT2D eigenvalue weighted by atomic mass is 10.1. The fourth-order valence-electron chi connectivity index (χ4n) is 1.83. The van der Waals surface area contributed by atoms with E-state index in [4.69, 9.17) is 19.0 Å². The fraction of sp³-hybridized carbons (Fsp3) is 0.333. The Balaban J connectivity index is 2.79. The van der Waals surface area contributed by atoms with Crippen LogP contribution < -0.4 is 9.47 Å². The molecule has 1 aromatic carbocycles. The molecule has 0 spiro atoms. The number of benzene rings is 1. The van der Waals surface area contributed by atoms with Gasteiger partial charge < -0.3 is 19.0 Å². The molecule has 0 saturated heterocycles. The van der Waals surface area contributed by atoms with Gasteiger partial charge in [-0.25, -0.2) is 0 Å². The summed E-state index contributed by atoms with van der Waals surface area (Å²) in [6.45, 7) is 1.80. The number of aliphatic hydroxyl groups is 1. The molecule has 2 rings (SSSR count). The molecule has 0 atom stereocenters. The lowest BCUT2D eigenvalue weighted by Gasteiger charge is -2.08. The number of aryl methyl sites for hydroxylation is 1. The van der Waals surface area contributed by atoms with Crippen molar-refractivity contribution < 1.29 is 19.0 Å². The van der Waals surface area contributed by atoms with Crippen LogP contribution in [0.1, 0.15) is 11.3 Å². The summed E-state index contributed by atoms with van der Waals surface area (Å²) in [6.07, 6.45) is 0. The first-order chi connectivity index (χ1) is 7.71. The quantitative estimate of drug-likeness (QED) is 0.865. The molecule has 0 unspecified atom stereocenters. The second-order valence-corrected chi connectivity index (χ2v) is 3.54. The Hall–Kier alpha value is -1.68. The molecule has 16 heavy (non-hydrogen) atoms. The third-order valence-corrected chi connectivity index (χ3v) is 2.54. The van der Waals surface area contributed by atoms with Crippen LogP contribution in [0.5, 0.6) is 11.5 Å². The molecule has 0 saturated carbocycles. The van der Waals surface area contributed by atoms with E-state index in [1.807, 2.05) is 13.0 Å². The van der Waals surface area contributed by atoms with Crippen molar-refractivity contribution in [3.8, 4) is 11.5 Å². The highest BCUT2D eigenvalue weighted by Crippen LogP contribution is 2.38. The molecule has 1 N–H and O–H groups in total. The lowest BCUT2D eigenvalue weighted by molar-refractivity contribution is 0.250. The third-order valence-electron chi connectivity index (χ3n) is 2.54. The minimum absolute atomic E-state index is 0.139. The van der Waals surface area contributed by atoms with E-state index in [-0.39, 0.29) is 6.61 Å². The summed E-state index contributed by atoms with van der Waals surface area (Å²) in [7, 11) is 3.20. The van der Waals surface area contributed by atoms with Crippen molar-refractivity contribution in [2.24, 2.45) is 0 Å². The number of methoxy groups -OCH3 is 2. The van der Waals surface area contributed by atoms with Crippen LogP contribution in [0.4, 0.5) is 0 Å². The van der Waals surface area contributed by atoms with Crippen molar-refractivity contribution in [2.75, 3.05) is 14.2 Å². The standard InChI is InChI=1S/C12H14O4/c1-7-4-10(14-2)12-9(11(7)15-3)5-8(6-13)16-12/h4-5,13H,6H2,1-3H3. The van der Waals surface area contributed by atoms with Crippen LogP contribution in [0.15, 0.2) is 16.5 Å². The van der Waals surface area contributed by atoms with Crippen LogP contribution in [0, 0.1) is 6.92 Å². The normalized spacial score (nSPS) is 10.8. The van der Waals surface area contributed by atoms with Crippen molar-refractivity contribution in [3.05, 3.63) is 23.5 Å². The van der Waals surface area contributed by atoms with E-state index >= 15 is 0 Å². The maximum atomic E-state index is 9.06. The van der Waals surface area contributed by atoms with Crippen LogP contribution in [0.25, 0.3) is 11.0 Å². The highest BCUT2D eigenvalue weighted by Gasteiger charge is 2.15. The molecular weight excluding hydrogens is 208 g/mol. The molecule has 2 aromatic rings. The van der Waals surface area contributed by atoms with Gasteiger partial charge in [-0.15, -0.1) is 0 Å². The molecule has 0 fully saturated rings. The first-order valence-electron chi connectivity index (χ1n) is 4.96. The van der Waals surface area contributed by atoms with Crippen molar-refractivity contribution in [2.45, 2.75) is 13.5 Å². The van der Waals surface area contributed by atoms with E-state index in [1.54, 1.807) is 20.3 Å². The zero-order valence-electron chi connectivity index (χ0n) is 9.53. The van der Waals surface area contributed by atoms with Gasteiger partial charge >= 0.3 is 0 Å². The van der Waals surface area contributed by atoms with Gasteiger partial charge in [-0.1, -0.05) is 0 Å². The van der Waals surface area contributed by atoms with Crippen LogP contribution in [-0.2, 0) is 6.61 Å². The zero-order chi connectivity index (χ0) is 11.7. The summed E-state index contributed by atoms with van der Waals surface area (Å²) in [6, 6.07) is 3.62. The fourth-order valence-corrected chi connectivity index (χ4v) is 1.83. The topological polar surface area (TPSA) is 51.8 Å². The molecule has 86 valence electrons. The van der Waals surface area contributed by atoms with E-state index in [2.05, 4.69) is 0 Å². The smallest absolute Gasteiger partial charge is 0.179 e. The second kappa shape index (κ2) is 4.06. The van der Waals surface area contributed by atoms with E-state index in [0.717, 1.165) is 16.7 Å². The summed E-state index contributed by atoms with van der Waals surface area (Å²) in [5, 5.41) is 9.88. The molecule has 4 nitrogen and oxygen atoms in total. The maximum absolute atomic E-state index is 9.06. The van der Waals surface area contributed by atoms with Crippen LogP contribution in [0.3, 0.4) is 0 Å². The van der Waals surface area contributed by atoms with Gasteiger partial charge in [-0.05, 0) is 24.6 Å². The van der Waals surface area contributed by atoms with E-state index < -0.39 is 0 Å². The van der Waals surface area contributed by atoms with Crippen LogP contribution in [-0.4, -0.2) is 19.3 Å². The largest absolute Gasteiger partial charge is 0.496 e. The lowest BCUT2D eigenvalue weighted by Crippen LogP contribution is -1.90. The number of ether oxygens (including phenoxy) is 2. The molecule has 4 heteroatoms. The molecule has 0 amide bonds. The third kappa shape index (κ3) is 1.51. The van der Waals surface area contributed by atoms with Crippen LogP contribution >= 0.6 is 0 Å². The molecule has 0 bridgehead atoms. The summed E-state index contributed by atoms with van der Waals surface area (Å²) in [5.41, 5.74) is 1.58. The van der Waals surface area contributed by atoms with Crippen molar-refractivity contribution in [1.82, 2.24) is 0 Å². The Kier molecular flexibility index (Phi) is 2.75. The van der Waals surface area contributed by atoms with Gasteiger partial charge in [-0.3, -0.25) is 0 Å². The number of furan rings is 1. The van der Waals surface area contributed by atoms with Crippen molar-refractivity contribution in [1.29, 1.82) is 0 Å². The average molecular weight is 222 g/mol. The maximum Gasteiger partial charge on any atom is 0.179 e. The number of hydrogen-bond acceptors (Lipinski definition) is 4. The highest BCUT2D eigenvalue weighted by molar-refractivity contribution is 5.91. The summed E-state index contributed by atoms with van der Waals surface area (Å²) >= 11 is 0. The van der Waals surface area contributed by atoms with Crippen molar-refractivity contribution in [3.63, 3.8) is 0 Å². The molecule has 1 heterocycles. The molecule has 0 aliphatic heterocycles. The number of hydrogen-bond donors (Lipinski definition) is 1. The molecule has 0 radical (unpaired) electrons. The van der Waals surface area contributed by atoms with Crippen LogP contribution in [0.2, 0.25) is 0 Å². The predicted molar refractivity (Wildman–Crippen MR) is 60.0 cm³/mol. The minimum Gasteiger partial charge on any atom is -0.496 e. The summed E-state index contributed by atoms with van der Waals surface area (Å²) in [5.74, 6) is 1.89. The van der Waals surface area contributed by atoms with Gasteiger partial charge in [0, 0.05) is 0 Å². The SMILES string of the molecule is COc1c(C)cc(OC)c2oc(CO)cc12. The van der Waals surface area contributed by atoms with Crippen molar-refractivity contribution >= 4 is 11.0 Å². The number of rotatable bonds is 3. The van der Waals surface area contributed by atoms with E-state index in [9.17, 15) is 0 Å². The minimum atomic E-state index is -0.139. The van der Waals surface area contributed by atoms with E-state index in [1.165, 1.54) is 0 Å². The van der Waals surface area contributed by atoms with Gasteiger partial charge in [0.25, 0.3) is 0 Å². The van der Waals surface area contributed by atoms with Gasteiger partial charge in [0.15, 0.2) is 11.3 Å². The molecular formula is C12H14O4. The molecule has 0 aliphatic rings. The Morgan fingerprint density at radius 2 is 2.00 bits per heavy atom. The second-order valence-electron chi connectivity index (χ2n) is 3.54. The van der Waals surface area contributed by atoms with Gasteiger partial charge in [0.2, 0.25) is 0 Å². The monoisotopic (exact) mass is 222 g/mol.